The summed E-state index contributed by atoms with van der Waals surface area (Å²) in [7, 11) is 0. The maximum Gasteiger partial charge on any atom is 0.258 e. The molecular formula is C23H15N5OS. The molecule has 6 nitrogen and oxygen atoms in total. The molecule has 0 atom stereocenters. The highest BCUT2D eigenvalue weighted by molar-refractivity contribution is 7.18. The van der Waals surface area contributed by atoms with E-state index in [0.29, 0.717) is 16.4 Å². The Hall–Kier alpha value is -3.97. The molecule has 3 heterocycles. The Morgan fingerprint density at radius 2 is 1.60 bits per heavy atom. The van der Waals surface area contributed by atoms with Crippen LogP contribution in [0, 0.1) is 0 Å². The smallest absolute Gasteiger partial charge is 0.258 e. The van der Waals surface area contributed by atoms with Gasteiger partial charge >= 0.3 is 0 Å². The molecule has 3 aromatic heterocycles. The summed E-state index contributed by atoms with van der Waals surface area (Å²) in [6.07, 6.45) is 3.41. The van der Waals surface area contributed by atoms with Crippen molar-refractivity contribution in [2.45, 2.75) is 0 Å². The minimum absolute atomic E-state index is 0.250. The van der Waals surface area contributed by atoms with E-state index in [1.165, 1.54) is 11.3 Å². The van der Waals surface area contributed by atoms with Gasteiger partial charge in [-0.15, -0.1) is 10.2 Å². The van der Waals surface area contributed by atoms with Crippen molar-refractivity contribution >= 4 is 33.3 Å². The summed E-state index contributed by atoms with van der Waals surface area (Å²) in [4.78, 5) is 21.9. The second kappa shape index (κ2) is 7.81. The Labute approximate surface area is 176 Å². The van der Waals surface area contributed by atoms with E-state index in [1.807, 2.05) is 66.7 Å². The van der Waals surface area contributed by atoms with E-state index < -0.39 is 0 Å². The van der Waals surface area contributed by atoms with E-state index in [4.69, 9.17) is 4.98 Å². The molecule has 0 radical (unpaired) electrons. The summed E-state index contributed by atoms with van der Waals surface area (Å²) in [5.74, 6) is -0.250. The van der Waals surface area contributed by atoms with Gasteiger partial charge in [0.1, 0.15) is 5.01 Å². The van der Waals surface area contributed by atoms with Gasteiger partial charge in [-0.2, -0.15) is 0 Å². The van der Waals surface area contributed by atoms with Crippen molar-refractivity contribution in [2.24, 2.45) is 0 Å². The van der Waals surface area contributed by atoms with Crippen LogP contribution in [-0.2, 0) is 0 Å². The summed E-state index contributed by atoms with van der Waals surface area (Å²) in [6.45, 7) is 0. The number of carbonyl (C=O) groups is 1. The molecule has 0 saturated heterocycles. The lowest BCUT2D eigenvalue weighted by Crippen LogP contribution is -2.13. The lowest BCUT2D eigenvalue weighted by molar-refractivity contribution is 0.102. The molecule has 0 bridgehead atoms. The molecule has 7 heteroatoms. The third kappa shape index (κ3) is 3.54. The highest BCUT2D eigenvalue weighted by atomic mass is 32.1. The highest BCUT2D eigenvalue weighted by Gasteiger charge is 2.16. The fourth-order valence-electron chi connectivity index (χ4n) is 3.17. The van der Waals surface area contributed by atoms with Gasteiger partial charge in [0.15, 0.2) is 0 Å². The molecule has 0 unspecified atom stereocenters. The van der Waals surface area contributed by atoms with Gasteiger partial charge < -0.3 is 0 Å². The zero-order valence-electron chi connectivity index (χ0n) is 15.7. The molecule has 5 aromatic rings. The summed E-state index contributed by atoms with van der Waals surface area (Å²) < 4.78 is 0. The lowest BCUT2D eigenvalue weighted by Gasteiger charge is -2.09. The third-order valence-electron chi connectivity index (χ3n) is 4.60. The molecular weight excluding hydrogens is 394 g/mol. The highest BCUT2D eigenvalue weighted by Crippen LogP contribution is 2.28. The predicted molar refractivity (Wildman–Crippen MR) is 118 cm³/mol. The van der Waals surface area contributed by atoms with Crippen molar-refractivity contribution in [1.29, 1.82) is 0 Å². The van der Waals surface area contributed by atoms with Crippen LogP contribution in [0.25, 0.3) is 32.7 Å². The number of benzene rings is 2. The second-order valence-electron chi connectivity index (χ2n) is 6.54. The van der Waals surface area contributed by atoms with E-state index in [1.54, 1.807) is 18.5 Å². The van der Waals surface area contributed by atoms with Crippen LogP contribution in [0.2, 0.25) is 0 Å². The summed E-state index contributed by atoms with van der Waals surface area (Å²) in [5, 5.41) is 13.2. The van der Waals surface area contributed by atoms with E-state index in [2.05, 4.69) is 20.5 Å². The van der Waals surface area contributed by atoms with Crippen LogP contribution < -0.4 is 5.32 Å². The first kappa shape index (κ1) is 18.1. The van der Waals surface area contributed by atoms with Gasteiger partial charge in [0, 0.05) is 28.9 Å². The number of nitrogens with one attached hydrogen (secondary N) is 1. The van der Waals surface area contributed by atoms with Gasteiger partial charge in [0.2, 0.25) is 5.13 Å². The number of nitrogens with zero attached hydrogens (tertiary/aromatic N) is 4. The van der Waals surface area contributed by atoms with Gasteiger partial charge in [-0.3, -0.25) is 15.1 Å². The van der Waals surface area contributed by atoms with Crippen molar-refractivity contribution in [2.75, 3.05) is 5.32 Å². The number of pyridine rings is 2. The average molecular weight is 409 g/mol. The zero-order valence-corrected chi connectivity index (χ0v) is 16.5. The van der Waals surface area contributed by atoms with E-state index in [-0.39, 0.29) is 5.91 Å². The second-order valence-corrected chi connectivity index (χ2v) is 7.52. The number of fused-ring (bicyclic) bond motifs is 1. The fraction of sp³-hybridized carbons (Fsp3) is 0. The number of amides is 1. The zero-order chi connectivity index (χ0) is 20.3. The molecule has 144 valence electrons. The van der Waals surface area contributed by atoms with Crippen LogP contribution in [0.4, 0.5) is 5.13 Å². The minimum Gasteiger partial charge on any atom is -0.296 e. The lowest BCUT2D eigenvalue weighted by atomic mass is 10.0. The van der Waals surface area contributed by atoms with Gasteiger partial charge in [-0.1, -0.05) is 59.9 Å². The van der Waals surface area contributed by atoms with E-state index >= 15 is 0 Å². The molecule has 0 aliphatic heterocycles. The normalized spacial score (nSPS) is 10.8. The molecule has 1 amide bonds. The number of para-hydroxylation sites is 1. The van der Waals surface area contributed by atoms with Crippen LogP contribution in [0.1, 0.15) is 10.4 Å². The molecule has 5 rings (SSSR count). The SMILES string of the molecule is O=C(Nc1nnc(-c2ccccc2)s1)c1cc(-c2ccncc2)nc2ccccc12. The van der Waals surface area contributed by atoms with Crippen LogP contribution >= 0.6 is 11.3 Å². The Morgan fingerprint density at radius 3 is 2.43 bits per heavy atom. The molecule has 0 aliphatic rings. The first-order valence-corrected chi connectivity index (χ1v) is 10.1. The molecule has 0 aliphatic carbocycles. The van der Waals surface area contributed by atoms with Crippen molar-refractivity contribution < 1.29 is 4.79 Å². The maximum atomic E-state index is 13.1. The topological polar surface area (TPSA) is 80.7 Å². The van der Waals surface area contributed by atoms with Gasteiger partial charge in [0.05, 0.1) is 16.8 Å². The number of carbonyl (C=O) groups excluding carboxylic acids is 1. The van der Waals surface area contributed by atoms with Crippen molar-refractivity contribution in [3.8, 4) is 21.8 Å². The minimum atomic E-state index is -0.250. The van der Waals surface area contributed by atoms with Crippen LogP contribution in [0.5, 0.6) is 0 Å². The number of aromatic nitrogens is 4. The first-order valence-electron chi connectivity index (χ1n) is 9.28. The third-order valence-corrected chi connectivity index (χ3v) is 5.49. The fourth-order valence-corrected chi connectivity index (χ4v) is 3.91. The number of rotatable bonds is 4. The van der Waals surface area contributed by atoms with Gasteiger partial charge in [-0.05, 0) is 24.3 Å². The van der Waals surface area contributed by atoms with Crippen molar-refractivity contribution in [3.05, 3.63) is 90.8 Å². The predicted octanol–water partition coefficient (Wildman–Crippen LogP) is 5.07. The number of hydrogen-bond acceptors (Lipinski definition) is 6. The van der Waals surface area contributed by atoms with Crippen molar-refractivity contribution in [1.82, 2.24) is 20.2 Å². The van der Waals surface area contributed by atoms with Crippen LogP contribution in [0.3, 0.4) is 0 Å². The number of anilines is 1. The van der Waals surface area contributed by atoms with Gasteiger partial charge in [-0.25, -0.2) is 4.98 Å². The van der Waals surface area contributed by atoms with E-state index in [0.717, 1.165) is 27.0 Å². The molecule has 0 fully saturated rings. The average Bonchev–Trinajstić information content (AvgIpc) is 3.28. The first-order chi connectivity index (χ1) is 14.8. The Balaban J connectivity index is 1.51. The molecule has 0 spiro atoms. The Kier molecular flexibility index (Phi) is 4.71. The number of hydrogen-bond donors (Lipinski definition) is 1. The molecule has 1 N–H and O–H groups in total. The molecule has 0 saturated carbocycles. The molecule has 2 aromatic carbocycles. The summed E-state index contributed by atoms with van der Waals surface area (Å²) in [5.41, 5.74) is 3.85. The quantitative estimate of drug-likeness (QED) is 0.448. The Bertz CT molecular complexity index is 1340. The van der Waals surface area contributed by atoms with Crippen molar-refractivity contribution in [3.63, 3.8) is 0 Å². The van der Waals surface area contributed by atoms with Crippen LogP contribution in [-0.4, -0.2) is 26.1 Å². The maximum absolute atomic E-state index is 13.1. The molecule has 30 heavy (non-hydrogen) atoms. The largest absolute Gasteiger partial charge is 0.296 e. The summed E-state index contributed by atoms with van der Waals surface area (Å²) >= 11 is 1.34. The van der Waals surface area contributed by atoms with E-state index in [9.17, 15) is 4.79 Å². The van der Waals surface area contributed by atoms with Gasteiger partial charge in [0.25, 0.3) is 5.91 Å². The Morgan fingerprint density at radius 1 is 0.833 bits per heavy atom. The standard InChI is InChI=1S/C23H15N5OS/c29-21(26-23-28-27-22(30-23)16-6-2-1-3-7-16)18-14-20(15-10-12-24-13-11-15)25-19-9-5-4-8-17(18)19/h1-14H,(H,26,28,29). The monoisotopic (exact) mass is 409 g/mol. The summed E-state index contributed by atoms with van der Waals surface area (Å²) in [6, 6.07) is 22.9. The van der Waals surface area contributed by atoms with Crippen LogP contribution in [0.15, 0.2) is 85.2 Å².